The summed E-state index contributed by atoms with van der Waals surface area (Å²) < 4.78 is 2.37. The molecule has 2 aliphatic rings. The average molecular weight is 273 g/mol. The van der Waals surface area contributed by atoms with Gasteiger partial charge < -0.3 is 4.57 Å². The lowest BCUT2D eigenvalue weighted by Crippen LogP contribution is -2.43. The summed E-state index contributed by atoms with van der Waals surface area (Å²) in [5.74, 6) is 0.604. The Morgan fingerprint density at radius 3 is 2.95 bits per heavy atom. The normalized spacial score (nSPS) is 26.4. The maximum Gasteiger partial charge on any atom is 0.0558 e. The van der Waals surface area contributed by atoms with Crippen LogP contribution in [0.4, 0.5) is 0 Å². The third-order valence-corrected chi connectivity index (χ3v) is 4.66. The van der Waals surface area contributed by atoms with Gasteiger partial charge in [-0.2, -0.15) is 0 Å². The Morgan fingerprint density at radius 1 is 1.26 bits per heavy atom. The molecule has 0 spiro atoms. The molecule has 4 rings (SSSR count). The molecule has 1 aromatic carbocycles. The lowest BCUT2D eigenvalue weighted by atomic mass is 9.86. The molecule has 0 amide bonds. The predicted octanol–water partition coefficient (Wildman–Crippen LogP) is 3.64. The van der Waals surface area contributed by atoms with Gasteiger partial charge in [0.25, 0.3) is 0 Å². The van der Waals surface area contributed by atoms with Gasteiger partial charge in [-0.3, -0.25) is 4.90 Å². The zero-order valence-electron chi connectivity index (χ0n) is 11.2. The fraction of sp³-hybridized carbons (Fsp3) is 0.375. The number of nitrogens with zero attached hydrogens (tertiary/aromatic N) is 2. The van der Waals surface area contributed by atoms with Gasteiger partial charge in [-0.05, 0) is 36.7 Å². The van der Waals surface area contributed by atoms with E-state index >= 15 is 0 Å². The maximum absolute atomic E-state index is 6.29. The second kappa shape index (κ2) is 3.87. The topological polar surface area (TPSA) is 8.17 Å². The van der Waals surface area contributed by atoms with Crippen LogP contribution in [0.1, 0.15) is 12.5 Å². The SMILES string of the molecule is C[C@@H]1C=C2c3cc(Cl)cc4ccn(c34)C[C@H]2N(C)C1. The standard InChI is InChI=1S/C16H17ClN2/c1-10-5-13-14-7-12(17)6-11-3-4-19(16(11)14)9-15(13)18(2)8-10/h3-7,10,15H,8-9H2,1-2H3/t10-,15-/m1/s1. The van der Waals surface area contributed by atoms with Crippen LogP contribution < -0.4 is 0 Å². The number of rotatable bonds is 0. The van der Waals surface area contributed by atoms with Gasteiger partial charge in [0.2, 0.25) is 0 Å². The first kappa shape index (κ1) is 11.6. The lowest BCUT2D eigenvalue weighted by Gasteiger charge is -2.39. The molecule has 19 heavy (non-hydrogen) atoms. The monoisotopic (exact) mass is 272 g/mol. The highest BCUT2D eigenvalue weighted by Crippen LogP contribution is 2.39. The van der Waals surface area contributed by atoms with Crippen molar-refractivity contribution in [3.63, 3.8) is 0 Å². The summed E-state index contributed by atoms with van der Waals surface area (Å²) in [5, 5.41) is 2.09. The van der Waals surface area contributed by atoms with E-state index in [1.54, 1.807) is 0 Å². The van der Waals surface area contributed by atoms with Crippen LogP contribution in [0, 0.1) is 5.92 Å². The average Bonchev–Trinajstić information content (AvgIpc) is 2.74. The minimum absolute atomic E-state index is 0.484. The Labute approximate surface area is 118 Å². The van der Waals surface area contributed by atoms with Gasteiger partial charge in [0, 0.05) is 35.3 Å². The van der Waals surface area contributed by atoms with E-state index in [2.05, 4.69) is 53.9 Å². The van der Waals surface area contributed by atoms with Crippen molar-refractivity contribution in [1.82, 2.24) is 9.47 Å². The molecule has 2 nitrogen and oxygen atoms in total. The van der Waals surface area contributed by atoms with E-state index in [0.29, 0.717) is 12.0 Å². The number of halogens is 1. The molecule has 2 aromatic rings. The molecular weight excluding hydrogens is 256 g/mol. The Hall–Kier alpha value is -1.25. The van der Waals surface area contributed by atoms with Crippen molar-refractivity contribution in [2.24, 2.45) is 5.92 Å². The first-order valence-corrected chi connectivity index (χ1v) is 7.22. The van der Waals surface area contributed by atoms with E-state index in [0.717, 1.165) is 18.1 Å². The van der Waals surface area contributed by atoms with Gasteiger partial charge in [-0.25, -0.2) is 0 Å². The first-order valence-electron chi connectivity index (χ1n) is 6.84. The highest BCUT2D eigenvalue weighted by molar-refractivity contribution is 6.31. The van der Waals surface area contributed by atoms with Crippen molar-refractivity contribution in [1.29, 1.82) is 0 Å². The van der Waals surface area contributed by atoms with Gasteiger partial charge in [-0.1, -0.05) is 24.6 Å². The molecule has 0 radical (unpaired) electrons. The predicted molar refractivity (Wildman–Crippen MR) is 80.5 cm³/mol. The van der Waals surface area contributed by atoms with Crippen LogP contribution in [0.3, 0.4) is 0 Å². The van der Waals surface area contributed by atoms with Gasteiger partial charge in [0.15, 0.2) is 0 Å². The molecule has 0 aliphatic carbocycles. The fourth-order valence-corrected chi connectivity index (χ4v) is 3.89. The van der Waals surface area contributed by atoms with Crippen molar-refractivity contribution >= 4 is 28.1 Å². The summed E-state index contributed by atoms with van der Waals surface area (Å²) in [6.07, 6.45) is 4.62. The second-order valence-corrected chi connectivity index (χ2v) is 6.35. The number of aromatic nitrogens is 1. The zero-order chi connectivity index (χ0) is 13.1. The molecule has 3 heterocycles. The van der Waals surface area contributed by atoms with Crippen LogP contribution in [-0.4, -0.2) is 29.1 Å². The third-order valence-electron chi connectivity index (χ3n) is 4.44. The maximum atomic E-state index is 6.29. The highest BCUT2D eigenvalue weighted by atomic mass is 35.5. The van der Waals surface area contributed by atoms with Gasteiger partial charge >= 0.3 is 0 Å². The molecule has 0 N–H and O–H groups in total. The molecule has 0 bridgehead atoms. The molecule has 98 valence electrons. The van der Waals surface area contributed by atoms with Crippen LogP contribution in [0.25, 0.3) is 16.5 Å². The van der Waals surface area contributed by atoms with Crippen LogP contribution in [0.5, 0.6) is 0 Å². The molecule has 0 fully saturated rings. The summed E-state index contributed by atoms with van der Waals surface area (Å²) in [5.41, 5.74) is 4.12. The van der Waals surface area contributed by atoms with Crippen LogP contribution in [0.15, 0.2) is 30.5 Å². The molecule has 0 unspecified atom stereocenters. The number of fused-ring (bicyclic) bond motifs is 2. The third kappa shape index (κ3) is 1.60. The molecule has 3 heteroatoms. The highest BCUT2D eigenvalue weighted by Gasteiger charge is 2.32. The van der Waals surface area contributed by atoms with Gasteiger partial charge in [-0.15, -0.1) is 0 Å². The lowest BCUT2D eigenvalue weighted by molar-refractivity contribution is 0.234. The minimum atomic E-state index is 0.484. The molecule has 2 atom stereocenters. The number of likely N-dealkylation sites (N-methyl/N-ethyl adjacent to an activating group) is 1. The van der Waals surface area contributed by atoms with Crippen LogP contribution >= 0.6 is 11.6 Å². The van der Waals surface area contributed by atoms with E-state index in [1.165, 1.54) is 22.0 Å². The van der Waals surface area contributed by atoms with Gasteiger partial charge in [0.1, 0.15) is 0 Å². The van der Waals surface area contributed by atoms with Crippen molar-refractivity contribution in [3.05, 3.63) is 41.1 Å². The van der Waals surface area contributed by atoms with Crippen LogP contribution in [-0.2, 0) is 6.54 Å². The smallest absolute Gasteiger partial charge is 0.0558 e. The van der Waals surface area contributed by atoms with Crippen molar-refractivity contribution in [2.75, 3.05) is 13.6 Å². The van der Waals surface area contributed by atoms with Gasteiger partial charge in [0.05, 0.1) is 11.6 Å². The Bertz CT molecular complexity index is 698. The second-order valence-electron chi connectivity index (χ2n) is 5.91. The summed E-state index contributed by atoms with van der Waals surface area (Å²) in [4.78, 5) is 2.47. The Balaban J connectivity index is 2.04. The summed E-state index contributed by atoms with van der Waals surface area (Å²) in [7, 11) is 2.23. The van der Waals surface area contributed by atoms with E-state index in [4.69, 9.17) is 11.6 Å². The minimum Gasteiger partial charge on any atom is -0.345 e. The zero-order valence-corrected chi connectivity index (χ0v) is 12.0. The largest absolute Gasteiger partial charge is 0.345 e. The van der Waals surface area contributed by atoms with Crippen molar-refractivity contribution in [2.45, 2.75) is 19.5 Å². The number of benzene rings is 1. The number of hydrogen-bond donors (Lipinski definition) is 0. The van der Waals surface area contributed by atoms with Crippen molar-refractivity contribution < 1.29 is 0 Å². The fourth-order valence-electron chi connectivity index (χ4n) is 3.67. The molecule has 0 saturated carbocycles. The Morgan fingerprint density at radius 2 is 2.11 bits per heavy atom. The number of hydrogen-bond acceptors (Lipinski definition) is 1. The van der Waals surface area contributed by atoms with E-state index in [9.17, 15) is 0 Å². The summed E-state index contributed by atoms with van der Waals surface area (Å²) in [6, 6.07) is 6.85. The quantitative estimate of drug-likeness (QED) is 0.711. The Kier molecular flexibility index (Phi) is 2.36. The van der Waals surface area contributed by atoms with E-state index < -0.39 is 0 Å². The summed E-state index contributed by atoms with van der Waals surface area (Å²) in [6.45, 7) is 4.47. The molecule has 1 aromatic heterocycles. The van der Waals surface area contributed by atoms with Crippen LogP contribution in [0.2, 0.25) is 5.02 Å². The van der Waals surface area contributed by atoms with Crippen molar-refractivity contribution in [3.8, 4) is 0 Å². The van der Waals surface area contributed by atoms with E-state index in [-0.39, 0.29) is 0 Å². The first-order chi connectivity index (χ1) is 9.13. The molecular formula is C16H17ClN2. The molecule has 0 saturated heterocycles. The van der Waals surface area contributed by atoms with E-state index in [1.807, 2.05) is 0 Å². The molecule has 2 aliphatic heterocycles. The summed E-state index contributed by atoms with van der Waals surface area (Å²) >= 11 is 6.29.